The Morgan fingerprint density at radius 1 is 1.22 bits per heavy atom. The number of ether oxygens (including phenoxy) is 1. The second-order valence-corrected chi connectivity index (χ2v) is 6.10. The fraction of sp³-hybridized carbons (Fsp3) is 0.533. The molecule has 1 aromatic rings. The Labute approximate surface area is 114 Å². The van der Waals surface area contributed by atoms with Gasteiger partial charge in [0.1, 0.15) is 0 Å². The van der Waals surface area contributed by atoms with Gasteiger partial charge in [-0.2, -0.15) is 0 Å². The van der Waals surface area contributed by atoms with Gasteiger partial charge in [0.05, 0.1) is 7.11 Å². The molecule has 1 aromatic carbocycles. The van der Waals surface area contributed by atoms with E-state index in [1.165, 1.54) is 12.7 Å². The highest BCUT2D eigenvalue weighted by Crippen LogP contribution is 2.32. The van der Waals surface area contributed by atoms with E-state index < -0.39 is 11.3 Å². The highest BCUT2D eigenvalue weighted by atomic mass is 35.5. The molecule has 0 radical (unpaired) electrons. The Morgan fingerprint density at radius 2 is 1.67 bits per heavy atom. The lowest BCUT2D eigenvalue weighted by Gasteiger charge is -2.23. The predicted octanol–water partition coefficient (Wildman–Crippen LogP) is 4.05. The molecule has 0 heterocycles. The SMILES string of the molecule is COC(=O)C(Cl)c1c(C)cc(C(C)(C)C)cc1C. The number of carbonyl (C=O) groups is 1. The van der Waals surface area contributed by atoms with Gasteiger partial charge in [-0.15, -0.1) is 11.6 Å². The molecule has 0 saturated heterocycles. The number of esters is 1. The number of carbonyl (C=O) groups excluding carboxylic acids is 1. The van der Waals surface area contributed by atoms with E-state index in [9.17, 15) is 4.79 Å². The molecule has 0 fully saturated rings. The molecule has 1 atom stereocenters. The molecule has 3 heteroatoms. The van der Waals surface area contributed by atoms with Crippen LogP contribution >= 0.6 is 11.6 Å². The molecule has 0 amide bonds. The summed E-state index contributed by atoms with van der Waals surface area (Å²) in [5.74, 6) is -0.411. The topological polar surface area (TPSA) is 26.3 Å². The first-order chi connectivity index (χ1) is 8.18. The van der Waals surface area contributed by atoms with Crippen molar-refractivity contribution >= 4 is 17.6 Å². The van der Waals surface area contributed by atoms with Crippen LogP contribution in [0.25, 0.3) is 0 Å². The number of rotatable bonds is 2. The maximum absolute atomic E-state index is 11.5. The molecule has 100 valence electrons. The molecule has 0 N–H and O–H groups in total. The Bertz CT molecular complexity index is 435. The summed E-state index contributed by atoms with van der Waals surface area (Å²) >= 11 is 6.16. The van der Waals surface area contributed by atoms with Gasteiger partial charge in [0, 0.05) is 0 Å². The molecule has 2 nitrogen and oxygen atoms in total. The van der Waals surface area contributed by atoms with Crippen LogP contribution in [-0.4, -0.2) is 13.1 Å². The molecule has 1 rings (SSSR count). The first-order valence-electron chi connectivity index (χ1n) is 6.02. The molecule has 0 aromatic heterocycles. The Kier molecular flexibility index (Phi) is 4.44. The zero-order chi connectivity index (χ0) is 14.1. The van der Waals surface area contributed by atoms with Crippen molar-refractivity contribution in [3.05, 3.63) is 34.4 Å². The normalized spacial score (nSPS) is 13.3. The van der Waals surface area contributed by atoms with E-state index in [1.807, 2.05) is 13.8 Å². The van der Waals surface area contributed by atoms with Crippen LogP contribution in [0.15, 0.2) is 12.1 Å². The number of hydrogen-bond acceptors (Lipinski definition) is 2. The van der Waals surface area contributed by atoms with Crippen LogP contribution in [0.1, 0.15) is 48.4 Å². The minimum atomic E-state index is -0.732. The zero-order valence-electron chi connectivity index (χ0n) is 11.9. The predicted molar refractivity (Wildman–Crippen MR) is 75.2 cm³/mol. The summed E-state index contributed by atoms with van der Waals surface area (Å²) in [4.78, 5) is 11.5. The minimum Gasteiger partial charge on any atom is -0.468 e. The molecule has 0 aliphatic heterocycles. The van der Waals surface area contributed by atoms with E-state index in [0.29, 0.717) is 0 Å². The molecule has 0 saturated carbocycles. The fourth-order valence-electron chi connectivity index (χ4n) is 2.03. The van der Waals surface area contributed by atoms with Gasteiger partial charge in [-0.1, -0.05) is 32.9 Å². The average molecular weight is 269 g/mol. The van der Waals surface area contributed by atoms with Crippen LogP contribution < -0.4 is 0 Å². The van der Waals surface area contributed by atoms with Gasteiger partial charge in [-0.05, 0) is 41.5 Å². The van der Waals surface area contributed by atoms with Gasteiger partial charge in [0.2, 0.25) is 0 Å². The lowest BCUT2D eigenvalue weighted by atomic mass is 9.83. The first-order valence-corrected chi connectivity index (χ1v) is 6.45. The smallest absolute Gasteiger partial charge is 0.328 e. The zero-order valence-corrected chi connectivity index (χ0v) is 12.7. The monoisotopic (exact) mass is 268 g/mol. The first kappa shape index (κ1) is 15.0. The summed E-state index contributed by atoms with van der Waals surface area (Å²) < 4.78 is 4.70. The molecule has 0 bridgehead atoms. The molecule has 0 aliphatic carbocycles. The number of hydrogen-bond donors (Lipinski definition) is 0. The molecular weight excluding hydrogens is 248 g/mol. The van der Waals surface area contributed by atoms with Crippen LogP contribution in [-0.2, 0) is 14.9 Å². The van der Waals surface area contributed by atoms with Gasteiger partial charge >= 0.3 is 5.97 Å². The van der Waals surface area contributed by atoms with Gasteiger partial charge < -0.3 is 4.74 Å². The summed E-state index contributed by atoms with van der Waals surface area (Å²) in [6.45, 7) is 10.5. The number of alkyl halides is 1. The van der Waals surface area contributed by atoms with Crippen LogP contribution in [0, 0.1) is 13.8 Å². The summed E-state index contributed by atoms with van der Waals surface area (Å²) in [5.41, 5.74) is 4.25. The van der Waals surface area contributed by atoms with Crippen molar-refractivity contribution in [3.8, 4) is 0 Å². The van der Waals surface area contributed by atoms with E-state index in [2.05, 4.69) is 32.9 Å². The summed E-state index contributed by atoms with van der Waals surface area (Å²) in [5, 5.41) is -0.732. The number of halogens is 1. The van der Waals surface area contributed by atoms with Crippen molar-refractivity contribution in [3.63, 3.8) is 0 Å². The van der Waals surface area contributed by atoms with E-state index in [4.69, 9.17) is 16.3 Å². The van der Waals surface area contributed by atoms with Crippen molar-refractivity contribution in [2.75, 3.05) is 7.11 Å². The van der Waals surface area contributed by atoms with Gasteiger partial charge in [0.25, 0.3) is 0 Å². The standard InChI is InChI=1S/C15H21ClO2/c1-9-7-11(15(3,4)5)8-10(2)12(9)13(16)14(17)18-6/h7-8,13H,1-6H3. The van der Waals surface area contributed by atoms with Gasteiger partial charge in [0.15, 0.2) is 5.38 Å². The van der Waals surface area contributed by atoms with Crippen molar-refractivity contribution in [1.29, 1.82) is 0 Å². The second kappa shape index (κ2) is 5.31. The molecular formula is C15H21ClO2. The number of aryl methyl sites for hydroxylation is 2. The van der Waals surface area contributed by atoms with Crippen molar-refractivity contribution in [1.82, 2.24) is 0 Å². The third kappa shape index (κ3) is 3.05. The van der Waals surface area contributed by atoms with Crippen molar-refractivity contribution < 1.29 is 9.53 Å². The molecule has 1 unspecified atom stereocenters. The van der Waals surface area contributed by atoms with Crippen LogP contribution in [0.3, 0.4) is 0 Å². The molecule has 0 spiro atoms. The number of methoxy groups -OCH3 is 1. The maximum atomic E-state index is 11.5. The van der Waals surface area contributed by atoms with Gasteiger partial charge in [-0.3, -0.25) is 4.79 Å². The van der Waals surface area contributed by atoms with Crippen molar-refractivity contribution in [2.24, 2.45) is 0 Å². The average Bonchev–Trinajstić information content (AvgIpc) is 2.25. The van der Waals surface area contributed by atoms with Crippen LogP contribution in [0.2, 0.25) is 0 Å². The van der Waals surface area contributed by atoms with E-state index in [1.54, 1.807) is 0 Å². The summed E-state index contributed by atoms with van der Waals surface area (Å²) in [6, 6.07) is 4.20. The lowest BCUT2D eigenvalue weighted by molar-refractivity contribution is -0.140. The molecule has 0 aliphatic rings. The Balaban J connectivity index is 3.29. The van der Waals surface area contributed by atoms with Crippen LogP contribution in [0.5, 0.6) is 0 Å². The highest BCUT2D eigenvalue weighted by Gasteiger charge is 2.24. The Hall–Kier alpha value is -1.02. The van der Waals surface area contributed by atoms with Crippen LogP contribution in [0.4, 0.5) is 0 Å². The van der Waals surface area contributed by atoms with E-state index >= 15 is 0 Å². The minimum absolute atomic E-state index is 0.0844. The van der Waals surface area contributed by atoms with E-state index in [0.717, 1.165) is 16.7 Å². The maximum Gasteiger partial charge on any atom is 0.328 e. The van der Waals surface area contributed by atoms with Crippen molar-refractivity contribution in [2.45, 2.75) is 45.4 Å². The quantitative estimate of drug-likeness (QED) is 0.597. The highest BCUT2D eigenvalue weighted by molar-refractivity contribution is 6.30. The third-order valence-electron chi connectivity index (χ3n) is 3.12. The fourth-order valence-corrected chi connectivity index (χ4v) is 2.46. The lowest BCUT2D eigenvalue weighted by Crippen LogP contribution is -2.15. The largest absolute Gasteiger partial charge is 0.468 e. The van der Waals surface area contributed by atoms with E-state index in [-0.39, 0.29) is 5.41 Å². The van der Waals surface area contributed by atoms with Gasteiger partial charge in [-0.25, -0.2) is 0 Å². The molecule has 18 heavy (non-hydrogen) atoms. The number of benzene rings is 1. The summed E-state index contributed by atoms with van der Waals surface area (Å²) in [7, 11) is 1.35. The Morgan fingerprint density at radius 3 is 2.00 bits per heavy atom. The third-order valence-corrected chi connectivity index (χ3v) is 3.52. The second-order valence-electron chi connectivity index (χ2n) is 5.66. The summed E-state index contributed by atoms with van der Waals surface area (Å²) in [6.07, 6.45) is 0.